The molecule has 5 aliphatic rings. The molecule has 3 aliphatic heterocycles. The van der Waals surface area contributed by atoms with E-state index in [2.05, 4.69) is 0 Å². The monoisotopic (exact) mass is 518 g/mol. The summed E-state index contributed by atoms with van der Waals surface area (Å²) in [5.41, 5.74) is 1.81. The van der Waals surface area contributed by atoms with E-state index < -0.39 is 57.0 Å². The number of amides is 4. The molecule has 182 valence electrons. The summed E-state index contributed by atoms with van der Waals surface area (Å²) in [6.07, 6.45) is 3.51. The van der Waals surface area contributed by atoms with E-state index in [-0.39, 0.29) is 30.1 Å². The number of carbonyl (C=O) groups excluding carboxylic acids is 4. The van der Waals surface area contributed by atoms with Crippen molar-refractivity contribution in [2.45, 2.75) is 29.0 Å². The van der Waals surface area contributed by atoms with Crippen molar-refractivity contribution in [2.75, 3.05) is 7.05 Å². The molecule has 2 N–H and O–H groups in total. The lowest BCUT2D eigenvalue weighted by atomic mass is 9.56. The summed E-state index contributed by atoms with van der Waals surface area (Å²) in [6, 6.07) is 4.65. The van der Waals surface area contributed by atoms with Crippen molar-refractivity contribution in [1.29, 1.82) is 0 Å². The second-order valence-electron chi connectivity index (χ2n) is 9.77. The molecule has 4 amide bonds. The lowest BCUT2D eigenvalue weighted by Gasteiger charge is -2.51. The fraction of sp³-hybridized carbons (Fsp3) is 0.417. The molecule has 11 heteroatoms. The lowest BCUT2D eigenvalue weighted by molar-refractivity contribution is -0.173. The molecule has 3 heterocycles. The van der Waals surface area contributed by atoms with Crippen molar-refractivity contribution in [3.8, 4) is 11.5 Å². The van der Waals surface area contributed by atoms with Gasteiger partial charge in [0.25, 0.3) is 23.6 Å². The number of fused-ring (bicyclic) bond motifs is 5. The van der Waals surface area contributed by atoms with Crippen LogP contribution in [0.5, 0.6) is 11.5 Å². The Balaban J connectivity index is 1.53. The molecule has 0 bridgehead atoms. The fourth-order valence-corrected chi connectivity index (χ4v) is 7.57. The van der Waals surface area contributed by atoms with Gasteiger partial charge in [0, 0.05) is 24.9 Å². The highest BCUT2D eigenvalue weighted by Gasteiger charge is 2.76. The quantitative estimate of drug-likeness (QED) is 0.252. The Hall–Kier alpha value is -2.88. The zero-order valence-electron chi connectivity index (χ0n) is 18.4. The van der Waals surface area contributed by atoms with Crippen LogP contribution in [-0.2, 0) is 25.6 Å². The summed E-state index contributed by atoms with van der Waals surface area (Å²) in [7, 11) is 1.31. The third-order valence-electron chi connectivity index (χ3n) is 8.14. The minimum atomic E-state index is -1.90. The number of hydrogen-bond acceptors (Lipinski definition) is 7. The van der Waals surface area contributed by atoms with Crippen molar-refractivity contribution in [1.82, 2.24) is 9.96 Å². The van der Waals surface area contributed by atoms with Gasteiger partial charge in [-0.3, -0.25) is 29.3 Å². The predicted molar refractivity (Wildman–Crippen MR) is 120 cm³/mol. The molecule has 0 spiro atoms. The molecule has 2 aliphatic carbocycles. The molecule has 1 saturated carbocycles. The summed E-state index contributed by atoms with van der Waals surface area (Å²) in [4.78, 5) is 49.3. The van der Waals surface area contributed by atoms with Gasteiger partial charge < -0.3 is 9.84 Å². The Labute approximate surface area is 209 Å². The van der Waals surface area contributed by atoms with Crippen LogP contribution in [0.1, 0.15) is 18.4 Å². The first kappa shape index (κ1) is 22.6. The van der Waals surface area contributed by atoms with E-state index in [9.17, 15) is 29.5 Å². The lowest BCUT2D eigenvalue weighted by Crippen LogP contribution is -2.61. The maximum absolute atomic E-state index is 13.5. The van der Waals surface area contributed by atoms with Crippen LogP contribution >= 0.6 is 23.2 Å². The molecule has 0 radical (unpaired) electrons. The number of likely N-dealkylation sites (tertiary alicyclic amines) is 1. The van der Waals surface area contributed by atoms with Crippen LogP contribution in [0.3, 0.4) is 0 Å². The number of benzene rings is 1. The van der Waals surface area contributed by atoms with E-state index in [0.29, 0.717) is 22.5 Å². The van der Waals surface area contributed by atoms with E-state index in [1.807, 2.05) is 0 Å². The van der Waals surface area contributed by atoms with Crippen LogP contribution in [0.15, 0.2) is 41.7 Å². The highest BCUT2D eigenvalue weighted by Crippen LogP contribution is 2.64. The number of phenolic OH excluding ortho intramolecular Hbond substituents is 1. The Morgan fingerprint density at radius 2 is 1.83 bits per heavy atom. The van der Waals surface area contributed by atoms with E-state index in [1.165, 1.54) is 19.4 Å². The number of allylic oxidation sites excluding steroid dienone is 3. The largest absolute Gasteiger partial charge is 0.508 e. The number of halogens is 2. The number of carbonyl (C=O) groups is 4. The molecule has 1 aromatic rings. The summed E-state index contributed by atoms with van der Waals surface area (Å²) in [6.45, 7) is 0. The molecule has 3 fully saturated rings. The normalized spacial score (nSPS) is 37.8. The average Bonchev–Trinajstić information content (AvgIpc) is 3.13. The number of hydroxylamine groups is 2. The van der Waals surface area contributed by atoms with Gasteiger partial charge in [-0.2, -0.15) is 5.06 Å². The van der Waals surface area contributed by atoms with Crippen molar-refractivity contribution in [3.63, 3.8) is 0 Å². The molecule has 2 saturated heterocycles. The number of rotatable bonds is 1. The Morgan fingerprint density at radius 3 is 2.57 bits per heavy atom. The van der Waals surface area contributed by atoms with Crippen molar-refractivity contribution >= 4 is 46.8 Å². The maximum Gasteiger partial charge on any atom is 0.257 e. The summed E-state index contributed by atoms with van der Waals surface area (Å²) >= 11 is 14.1. The first-order valence-electron chi connectivity index (χ1n) is 11.1. The van der Waals surface area contributed by atoms with Gasteiger partial charge in [-0.15, -0.1) is 23.2 Å². The summed E-state index contributed by atoms with van der Waals surface area (Å²) in [5.74, 6) is -5.58. The fourth-order valence-electron chi connectivity index (χ4n) is 6.54. The first-order chi connectivity index (χ1) is 16.5. The summed E-state index contributed by atoms with van der Waals surface area (Å²) < 4.78 is 5.80. The van der Waals surface area contributed by atoms with Gasteiger partial charge >= 0.3 is 0 Å². The number of ether oxygens (including phenoxy) is 1. The molecule has 35 heavy (non-hydrogen) atoms. The number of hydrogen-bond donors (Lipinski definition) is 2. The Bertz CT molecular complexity index is 1310. The number of imide groups is 2. The van der Waals surface area contributed by atoms with Gasteiger partial charge in [0.15, 0.2) is 9.75 Å². The molecular formula is C24H20Cl2N2O7. The van der Waals surface area contributed by atoms with Crippen molar-refractivity contribution in [2.24, 2.45) is 23.7 Å². The van der Waals surface area contributed by atoms with Crippen molar-refractivity contribution in [3.05, 3.63) is 47.2 Å². The van der Waals surface area contributed by atoms with Crippen molar-refractivity contribution < 1.29 is 34.2 Å². The van der Waals surface area contributed by atoms with Gasteiger partial charge in [-0.25, -0.2) is 0 Å². The van der Waals surface area contributed by atoms with Crippen LogP contribution in [0.4, 0.5) is 0 Å². The highest BCUT2D eigenvalue weighted by atomic mass is 35.5. The second-order valence-corrected chi connectivity index (χ2v) is 11.0. The van der Waals surface area contributed by atoms with Gasteiger partial charge in [0.2, 0.25) is 0 Å². The van der Waals surface area contributed by atoms with Gasteiger partial charge in [0.1, 0.15) is 11.5 Å². The van der Waals surface area contributed by atoms with Crippen LogP contribution in [-0.4, -0.2) is 60.7 Å². The van der Waals surface area contributed by atoms with E-state index >= 15 is 0 Å². The van der Waals surface area contributed by atoms with Crippen LogP contribution < -0.4 is 4.74 Å². The number of nitrogens with zero attached hydrogens (tertiary/aromatic N) is 2. The van der Waals surface area contributed by atoms with E-state index in [4.69, 9.17) is 27.9 Å². The molecule has 0 unspecified atom stereocenters. The zero-order valence-corrected chi connectivity index (χ0v) is 19.9. The molecule has 0 aromatic heterocycles. The predicted octanol–water partition coefficient (Wildman–Crippen LogP) is 2.12. The molecule has 6 rings (SSSR count). The standard InChI is InChI=1S/C24H20Cl2N2O7/c1-27-21(32)23(25)8-15-13(3-4-14-17(15)20(31)28(34)19(14)30)18(24(23,26)22(27)33)11-6-10-7-12(29)2-5-16(10)35-9-11/h2-3,5,7,9,14-15,17-18,29,34H,4,6,8H2,1H3/t14-,15+,17-,18-,23+,24-/m0/s1. The summed E-state index contributed by atoms with van der Waals surface area (Å²) in [5, 5.41) is 20.2. The van der Waals surface area contributed by atoms with Gasteiger partial charge in [-0.05, 0) is 42.5 Å². The Kier molecular flexibility index (Phi) is 4.57. The highest BCUT2D eigenvalue weighted by molar-refractivity contribution is 6.53. The smallest absolute Gasteiger partial charge is 0.257 e. The van der Waals surface area contributed by atoms with E-state index in [0.717, 1.165) is 4.90 Å². The van der Waals surface area contributed by atoms with Gasteiger partial charge in [-0.1, -0.05) is 11.6 Å². The van der Waals surface area contributed by atoms with Gasteiger partial charge in [0.05, 0.1) is 18.1 Å². The number of phenols is 1. The van der Waals surface area contributed by atoms with Crippen LogP contribution in [0, 0.1) is 23.7 Å². The minimum Gasteiger partial charge on any atom is -0.508 e. The zero-order chi connectivity index (χ0) is 25.0. The molecule has 6 atom stereocenters. The first-order valence-corrected chi connectivity index (χ1v) is 11.9. The average molecular weight is 519 g/mol. The maximum atomic E-state index is 13.5. The number of alkyl halides is 2. The molecular weight excluding hydrogens is 499 g/mol. The second kappa shape index (κ2) is 7.09. The van der Waals surface area contributed by atoms with Crippen LogP contribution in [0.2, 0.25) is 0 Å². The van der Waals surface area contributed by atoms with E-state index in [1.54, 1.807) is 18.2 Å². The topological polar surface area (TPSA) is 124 Å². The SMILES string of the molecule is CN1C(=O)[C@]2(Cl)C[C@@H]3C(=CC[C@@H]4C(=O)N(O)C(=O)[C@@H]43)[C@H](C3=COc4ccc(O)cc4C3)[C@]2(Cl)C1=O. The third-order valence-corrected chi connectivity index (χ3v) is 9.55. The minimum absolute atomic E-state index is 0.0343. The third kappa shape index (κ3) is 2.63. The Morgan fingerprint density at radius 1 is 1.09 bits per heavy atom. The molecule has 1 aromatic carbocycles. The van der Waals surface area contributed by atoms with Crippen LogP contribution in [0.25, 0.3) is 0 Å². The molecule has 9 nitrogen and oxygen atoms in total. The number of aromatic hydroxyl groups is 1.